The minimum Gasteiger partial charge on any atom is -0.444 e. The maximum atomic E-state index is 12.9. The number of halogens is 1. The summed E-state index contributed by atoms with van der Waals surface area (Å²) >= 11 is 6.04. The number of fused-ring (bicyclic) bond motifs is 2. The topological polar surface area (TPSA) is 83.2 Å². The zero-order valence-corrected chi connectivity index (χ0v) is 17.8. The molecule has 6 nitrogen and oxygen atoms in total. The number of carbonyl (C=O) groups is 2. The number of hydrogen-bond acceptors (Lipinski definition) is 3. The van der Waals surface area contributed by atoms with E-state index in [1.54, 1.807) is 12.1 Å². The lowest BCUT2D eigenvalue weighted by molar-refractivity contribution is 0.0491. The van der Waals surface area contributed by atoms with Crippen LogP contribution in [0.25, 0.3) is 10.9 Å². The molecule has 2 atom stereocenters. The molecule has 1 aliphatic rings. The Morgan fingerprint density at radius 2 is 1.87 bits per heavy atom. The van der Waals surface area contributed by atoms with Gasteiger partial charge in [-0.2, -0.15) is 0 Å². The Morgan fingerprint density at radius 3 is 2.63 bits per heavy atom. The van der Waals surface area contributed by atoms with Crippen molar-refractivity contribution < 1.29 is 14.3 Å². The molecule has 0 radical (unpaired) electrons. The highest BCUT2D eigenvalue weighted by molar-refractivity contribution is 6.31. The number of H-pyrrole nitrogens is 1. The molecule has 1 aliphatic carbocycles. The van der Waals surface area contributed by atoms with Gasteiger partial charge in [0.05, 0.1) is 12.1 Å². The number of alkyl carbamates (subject to hydrolysis) is 1. The Kier molecular flexibility index (Phi) is 5.20. The fraction of sp³-hybridized carbons (Fsp3) is 0.304. The summed E-state index contributed by atoms with van der Waals surface area (Å²) in [5, 5.41) is 7.47. The highest BCUT2D eigenvalue weighted by Gasteiger charge is 2.35. The summed E-state index contributed by atoms with van der Waals surface area (Å²) in [5.41, 5.74) is 2.75. The third-order valence-corrected chi connectivity index (χ3v) is 5.28. The van der Waals surface area contributed by atoms with Gasteiger partial charge in [-0.25, -0.2) is 4.79 Å². The van der Waals surface area contributed by atoms with Gasteiger partial charge < -0.3 is 20.4 Å². The van der Waals surface area contributed by atoms with E-state index < -0.39 is 11.7 Å². The Labute approximate surface area is 179 Å². The number of benzene rings is 2. The maximum absolute atomic E-state index is 12.9. The normalized spacial score (nSPS) is 18.1. The first kappa shape index (κ1) is 20.3. The van der Waals surface area contributed by atoms with Crippen molar-refractivity contribution in [2.45, 2.75) is 44.9 Å². The summed E-state index contributed by atoms with van der Waals surface area (Å²) < 4.78 is 5.42. The van der Waals surface area contributed by atoms with Crippen molar-refractivity contribution in [1.82, 2.24) is 15.6 Å². The smallest absolute Gasteiger partial charge is 0.408 e. The van der Waals surface area contributed by atoms with Crippen LogP contribution in [0.2, 0.25) is 5.02 Å². The first-order valence-corrected chi connectivity index (χ1v) is 10.2. The van der Waals surface area contributed by atoms with Crippen LogP contribution in [-0.4, -0.2) is 28.6 Å². The Hall–Kier alpha value is -2.99. The molecule has 0 saturated carbocycles. The van der Waals surface area contributed by atoms with E-state index in [1.807, 2.05) is 57.2 Å². The molecule has 2 amide bonds. The van der Waals surface area contributed by atoms with Gasteiger partial charge in [-0.15, -0.1) is 0 Å². The van der Waals surface area contributed by atoms with Gasteiger partial charge in [-0.05, 0) is 62.6 Å². The van der Waals surface area contributed by atoms with Crippen molar-refractivity contribution in [3.05, 3.63) is 70.4 Å². The second-order valence-corrected chi connectivity index (χ2v) is 8.96. The van der Waals surface area contributed by atoms with E-state index in [9.17, 15) is 9.59 Å². The van der Waals surface area contributed by atoms with Gasteiger partial charge in [0.1, 0.15) is 11.3 Å². The van der Waals surface area contributed by atoms with Crippen LogP contribution in [0.1, 0.15) is 48.4 Å². The average molecular weight is 426 g/mol. The van der Waals surface area contributed by atoms with Crippen LogP contribution in [0.15, 0.2) is 48.5 Å². The number of hydrogen-bond donors (Lipinski definition) is 3. The minimum atomic E-state index is -0.605. The third kappa shape index (κ3) is 4.28. The molecule has 0 saturated heterocycles. The standard InChI is InChI=1S/C23H24ClN3O3/c1-23(2,3)30-22(29)27-20-16-7-5-4-6-13(16)11-18(20)26-21(28)19-12-14-10-15(24)8-9-17(14)25-19/h4-10,12,18,20,25H,11H2,1-3H3,(H,26,28)(H,27,29). The molecule has 30 heavy (non-hydrogen) atoms. The summed E-state index contributed by atoms with van der Waals surface area (Å²) in [5.74, 6) is -0.240. The zero-order chi connectivity index (χ0) is 21.5. The minimum absolute atomic E-state index is 0.240. The predicted molar refractivity (Wildman–Crippen MR) is 117 cm³/mol. The summed E-state index contributed by atoms with van der Waals surface area (Å²) in [6, 6.07) is 14.4. The van der Waals surface area contributed by atoms with E-state index >= 15 is 0 Å². The van der Waals surface area contributed by atoms with Gasteiger partial charge >= 0.3 is 6.09 Å². The van der Waals surface area contributed by atoms with Crippen LogP contribution >= 0.6 is 11.6 Å². The molecule has 3 N–H and O–H groups in total. The first-order valence-electron chi connectivity index (χ1n) is 9.86. The lowest BCUT2D eigenvalue weighted by atomic mass is 10.1. The number of amides is 2. The van der Waals surface area contributed by atoms with Crippen molar-refractivity contribution in [2.75, 3.05) is 0 Å². The molecule has 4 rings (SSSR count). The number of carbonyl (C=O) groups excluding carboxylic acids is 2. The molecule has 0 aliphatic heterocycles. The van der Waals surface area contributed by atoms with E-state index in [0.29, 0.717) is 17.1 Å². The fourth-order valence-corrected chi connectivity index (χ4v) is 3.99. The maximum Gasteiger partial charge on any atom is 0.408 e. The number of aromatic nitrogens is 1. The second kappa shape index (κ2) is 7.69. The van der Waals surface area contributed by atoms with Crippen LogP contribution in [-0.2, 0) is 11.2 Å². The Bertz CT molecular complexity index is 1120. The van der Waals surface area contributed by atoms with Crippen molar-refractivity contribution >= 4 is 34.5 Å². The number of ether oxygens (including phenoxy) is 1. The van der Waals surface area contributed by atoms with E-state index in [-0.39, 0.29) is 18.0 Å². The Morgan fingerprint density at radius 1 is 1.10 bits per heavy atom. The highest BCUT2D eigenvalue weighted by atomic mass is 35.5. The number of nitrogens with one attached hydrogen (secondary N) is 3. The van der Waals surface area contributed by atoms with Crippen LogP contribution in [0.5, 0.6) is 0 Å². The molecule has 156 valence electrons. The molecule has 1 heterocycles. The number of aromatic amines is 1. The molecular formula is C23H24ClN3O3. The van der Waals surface area contributed by atoms with Gasteiger partial charge in [-0.1, -0.05) is 35.9 Å². The third-order valence-electron chi connectivity index (χ3n) is 5.05. The average Bonchev–Trinajstić information content (AvgIpc) is 3.22. The van der Waals surface area contributed by atoms with Gasteiger partial charge in [-0.3, -0.25) is 4.79 Å². The molecule has 7 heteroatoms. The molecule has 0 spiro atoms. The summed E-state index contributed by atoms with van der Waals surface area (Å²) in [6.45, 7) is 5.45. The molecule has 2 unspecified atom stereocenters. The SMILES string of the molecule is CC(C)(C)OC(=O)NC1c2ccccc2CC1NC(=O)c1cc2cc(Cl)ccc2[nH]1. The number of rotatable bonds is 3. The summed E-state index contributed by atoms with van der Waals surface area (Å²) in [6.07, 6.45) is 0.109. The van der Waals surface area contributed by atoms with Gasteiger partial charge in [0.2, 0.25) is 0 Å². The molecule has 0 fully saturated rings. The van der Waals surface area contributed by atoms with Crippen LogP contribution in [0.3, 0.4) is 0 Å². The fourth-order valence-electron chi connectivity index (χ4n) is 3.81. The van der Waals surface area contributed by atoms with Gasteiger partial charge in [0, 0.05) is 15.9 Å². The molecule has 2 aromatic carbocycles. The van der Waals surface area contributed by atoms with E-state index in [2.05, 4.69) is 15.6 Å². The van der Waals surface area contributed by atoms with E-state index in [1.165, 1.54) is 0 Å². The largest absolute Gasteiger partial charge is 0.444 e. The predicted octanol–water partition coefficient (Wildman–Crippen LogP) is 4.74. The van der Waals surface area contributed by atoms with Gasteiger partial charge in [0.25, 0.3) is 5.91 Å². The van der Waals surface area contributed by atoms with Gasteiger partial charge in [0.15, 0.2) is 0 Å². The van der Waals surface area contributed by atoms with Crippen LogP contribution in [0.4, 0.5) is 4.79 Å². The van der Waals surface area contributed by atoms with Crippen LogP contribution in [0, 0.1) is 0 Å². The lowest BCUT2D eigenvalue weighted by Gasteiger charge is -2.25. The molecule has 0 bridgehead atoms. The molecule has 1 aromatic heterocycles. The molecular weight excluding hydrogens is 402 g/mol. The van der Waals surface area contributed by atoms with Crippen LogP contribution < -0.4 is 10.6 Å². The lowest BCUT2D eigenvalue weighted by Crippen LogP contribution is -2.45. The van der Waals surface area contributed by atoms with Crippen molar-refractivity contribution in [3.63, 3.8) is 0 Å². The summed E-state index contributed by atoms with van der Waals surface area (Å²) in [4.78, 5) is 28.5. The Balaban J connectivity index is 1.55. The van der Waals surface area contributed by atoms with E-state index in [4.69, 9.17) is 16.3 Å². The second-order valence-electron chi connectivity index (χ2n) is 8.52. The highest BCUT2D eigenvalue weighted by Crippen LogP contribution is 2.32. The van der Waals surface area contributed by atoms with Crippen molar-refractivity contribution in [3.8, 4) is 0 Å². The zero-order valence-electron chi connectivity index (χ0n) is 17.1. The first-order chi connectivity index (χ1) is 14.2. The van der Waals surface area contributed by atoms with Crippen molar-refractivity contribution in [2.24, 2.45) is 0 Å². The van der Waals surface area contributed by atoms with Crippen molar-refractivity contribution in [1.29, 1.82) is 0 Å². The summed E-state index contributed by atoms with van der Waals surface area (Å²) in [7, 11) is 0. The quantitative estimate of drug-likeness (QED) is 0.566. The monoisotopic (exact) mass is 425 g/mol. The molecule has 3 aromatic rings. The van der Waals surface area contributed by atoms with E-state index in [0.717, 1.165) is 22.0 Å².